The Morgan fingerprint density at radius 1 is 1.50 bits per heavy atom. The van der Waals surface area contributed by atoms with Crippen molar-refractivity contribution in [3.8, 4) is 0 Å². The third-order valence-electron chi connectivity index (χ3n) is 2.94. The molecule has 1 atom stereocenters. The maximum atomic E-state index is 12.9. The second-order valence-corrected chi connectivity index (χ2v) is 6.89. The van der Waals surface area contributed by atoms with Gasteiger partial charge in [-0.2, -0.15) is 11.8 Å². The van der Waals surface area contributed by atoms with Gasteiger partial charge in [-0.25, -0.2) is 4.39 Å². The van der Waals surface area contributed by atoms with Gasteiger partial charge in [-0.3, -0.25) is 4.79 Å². The summed E-state index contributed by atoms with van der Waals surface area (Å²) in [4.78, 5) is 12.0. The van der Waals surface area contributed by atoms with Gasteiger partial charge in [0.15, 0.2) is 0 Å². The van der Waals surface area contributed by atoms with Crippen LogP contribution in [0, 0.1) is 9.39 Å². The third kappa shape index (κ3) is 3.85. The van der Waals surface area contributed by atoms with Crippen LogP contribution in [0.25, 0.3) is 0 Å². The minimum Gasteiger partial charge on any atom is -0.351 e. The highest BCUT2D eigenvalue weighted by Gasteiger charge is 2.16. The average Bonchev–Trinajstić information content (AvgIpc) is 2.37. The molecule has 1 aliphatic heterocycles. The van der Waals surface area contributed by atoms with Crippen molar-refractivity contribution < 1.29 is 9.18 Å². The van der Waals surface area contributed by atoms with Crippen molar-refractivity contribution in [2.24, 2.45) is 0 Å². The van der Waals surface area contributed by atoms with E-state index in [1.165, 1.54) is 37.1 Å². The minimum atomic E-state index is -0.307. The molecule has 2 rings (SSSR count). The second kappa shape index (κ2) is 6.75. The lowest BCUT2D eigenvalue weighted by Crippen LogP contribution is -2.32. The molecule has 5 heteroatoms. The zero-order chi connectivity index (χ0) is 13.0. The average molecular weight is 379 g/mol. The molecule has 2 nitrogen and oxygen atoms in total. The Bertz CT molecular complexity index is 435. The summed E-state index contributed by atoms with van der Waals surface area (Å²) in [5.41, 5.74) is 0.554. The zero-order valence-electron chi connectivity index (χ0n) is 9.92. The molecule has 1 unspecified atom stereocenters. The highest BCUT2D eigenvalue weighted by Crippen LogP contribution is 2.24. The molecule has 1 heterocycles. The number of halogens is 2. The van der Waals surface area contributed by atoms with Gasteiger partial charge in [0, 0.05) is 15.4 Å². The third-order valence-corrected chi connectivity index (χ3v) is 5.23. The number of carbonyl (C=O) groups excluding carboxylic acids is 1. The normalized spacial score (nSPS) is 19.6. The van der Waals surface area contributed by atoms with E-state index in [0.29, 0.717) is 20.9 Å². The molecule has 1 N–H and O–H groups in total. The quantitative estimate of drug-likeness (QED) is 0.816. The highest BCUT2D eigenvalue weighted by molar-refractivity contribution is 14.1. The topological polar surface area (TPSA) is 29.1 Å². The molecule has 0 bridgehead atoms. The van der Waals surface area contributed by atoms with Crippen LogP contribution in [0.15, 0.2) is 18.2 Å². The smallest absolute Gasteiger partial charge is 0.252 e. The molecule has 0 radical (unpaired) electrons. The molecular formula is C13H15FINOS. The number of thioether (sulfide) groups is 1. The van der Waals surface area contributed by atoms with Gasteiger partial charge in [-0.05, 0) is 59.4 Å². The summed E-state index contributed by atoms with van der Waals surface area (Å²) >= 11 is 3.92. The van der Waals surface area contributed by atoms with E-state index in [1.807, 2.05) is 34.4 Å². The first-order valence-corrected chi connectivity index (χ1v) is 8.14. The van der Waals surface area contributed by atoms with Gasteiger partial charge < -0.3 is 5.32 Å². The Balaban J connectivity index is 1.90. The van der Waals surface area contributed by atoms with E-state index in [-0.39, 0.29) is 11.7 Å². The van der Waals surface area contributed by atoms with Crippen molar-refractivity contribution in [1.29, 1.82) is 0 Å². The van der Waals surface area contributed by atoms with Gasteiger partial charge in [-0.1, -0.05) is 6.42 Å². The van der Waals surface area contributed by atoms with Crippen LogP contribution in [-0.4, -0.2) is 23.5 Å². The van der Waals surface area contributed by atoms with Gasteiger partial charge in [0.2, 0.25) is 0 Å². The van der Waals surface area contributed by atoms with Crippen molar-refractivity contribution in [2.75, 3.05) is 12.3 Å². The molecule has 1 amide bonds. The number of benzene rings is 1. The van der Waals surface area contributed by atoms with Gasteiger partial charge in [0.25, 0.3) is 5.91 Å². The molecule has 0 aliphatic carbocycles. The summed E-state index contributed by atoms with van der Waals surface area (Å²) in [7, 11) is 0. The van der Waals surface area contributed by atoms with Gasteiger partial charge >= 0.3 is 0 Å². The van der Waals surface area contributed by atoms with Gasteiger partial charge in [-0.15, -0.1) is 0 Å². The summed E-state index contributed by atoms with van der Waals surface area (Å²) in [6.07, 6.45) is 3.71. The van der Waals surface area contributed by atoms with Crippen molar-refractivity contribution in [3.63, 3.8) is 0 Å². The summed E-state index contributed by atoms with van der Waals surface area (Å²) in [5, 5.41) is 3.47. The summed E-state index contributed by atoms with van der Waals surface area (Å²) in [6.45, 7) is 0.705. The first kappa shape index (κ1) is 14.1. The van der Waals surface area contributed by atoms with Gasteiger partial charge in [0.05, 0.1) is 5.56 Å². The van der Waals surface area contributed by atoms with Crippen molar-refractivity contribution >= 4 is 40.3 Å². The van der Waals surface area contributed by atoms with E-state index >= 15 is 0 Å². The number of nitrogens with one attached hydrogen (secondary N) is 1. The van der Waals surface area contributed by atoms with Crippen LogP contribution in [0.2, 0.25) is 0 Å². The number of carbonyl (C=O) groups is 1. The molecule has 1 saturated heterocycles. The number of rotatable bonds is 3. The van der Waals surface area contributed by atoms with Crippen molar-refractivity contribution in [1.82, 2.24) is 5.32 Å². The predicted octanol–water partition coefficient (Wildman–Crippen LogP) is 3.45. The van der Waals surface area contributed by atoms with Crippen LogP contribution in [-0.2, 0) is 0 Å². The van der Waals surface area contributed by atoms with Crippen LogP contribution >= 0.6 is 34.4 Å². The molecule has 1 aromatic rings. The van der Waals surface area contributed by atoms with Crippen molar-refractivity contribution in [2.45, 2.75) is 24.5 Å². The SMILES string of the molecule is O=C(NCC1CCCCS1)c1ccc(F)cc1I. The van der Waals surface area contributed by atoms with Crippen LogP contribution < -0.4 is 5.32 Å². The Hall–Kier alpha value is -0.300. The Morgan fingerprint density at radius 3 is 3.00 bits per heavy atom. The first-order valence-electron chi connectivity index (χ1n) is 6.01. The predicted molar refractivity (Wildman–Crippen MR) is 81.5 cm³/mol. The van der Waals surface area contributed by atoms with Crippen molar-refractivity contribution in [3.05, 3.63) is 33.1 Å². The number of amides is 1. The van der Waals surface area contributed by atoms with E-state index in [2.05, 4.69) is 5.32 Å². The summed E-state index contributed by atoms with van der Waals surface area (Å²) in [6, 6.07) is 4.25. The van der Waals surface area contributed by atoms with Crippen LogP contribution in [0.3, 0.4) is 0 Å². The molecule has 1 aliphatic rings. The fraction of sp³-hybridized carbons (Fsp3) is 0.462. The zero-order valence-corrected chi connectivity index (χ0v) is 12.9. The summed E-state index contributed by atoms with van der Waals surface area (Å²) < 4.78 is 13.6. The fourth-order valence-corrected chi connectivity index (χ4v) is 3.90. The minimum absolute atomic E-state index is 0.106. The lowest BCUT2D eigenvalue weighted by atomic mass is 10.1. The van der Waals surface area contributed by atoms with E-state index < -0.39 is 0 Å². The van der Waals surface area contributed by atoms with E-state index in [9.17, 15) is 9.18 Å². The molecule has 1 aromatic carbocycles. The Kier molecular flexibility index (Phi) is 5.29. The Labute approximate surface area is 124 Å². The molecular weight excluding hydrogens is 364 g/mol. The van der Waals surface area contributed by atoms with Crippen LogP contribution in [0.5, 0.6) is 0 Å². The second-order valence-electron chi connectivity index (χ2n) is 4.32. The van der Waals surface area contributed by atoms with Crippen LogP contribution in [0.4, 0.5) is 4.39 Å². The monoisotopic (exact) mass is 379 g/mol. The lowest BCUT2D eigenvalue weighted by molar-refractivity contribution is 0.0952. The van der Waals surface area contributed by atoms with E-state index in [1.54, 1.807) is 6.07 Å². The Morgan fingerprint density at radius 2 is 2.33 bits per heavy atom. The number of hydrogen-bond acceptors (Lipinski definition) is 2. The standard InChI is InChI=1S/C13H15FINOS/c14-9-4-5-11(12(15)7-9)13(17)16-8-10-3-1-2-6-18-10/h4-5,7,10H,1-3,6,8H2,(H,16,17). The molecule has 0 aromatic heterocycles. The lowest BCUT2D eigenvalue weighted by Gasteiger charge is -2.21. The maximum Gasteiger partial charge on any atom is 0.252 e. The fourth-order valence-electron chi connectivity index (χ4n) is 1.94. The molecule has 1 fully saturated rings. The van der Waals surface area contributed by atoms with Gasteiger partial charge in [0.1, 0.15) is 5.82 Å². The molecule has 18 heavy (non-hydrogen) atoms. The summed E-state index contributed by atoms with van der Waals surface area (Å²) in [5.74, 6) is 0.776. The molecule has 0 saturated carbocycles. The highest BCUT2D eigenvalue weighted by atomic mass is 127. The molecule has 98 valence electrons. The van der Waals surface area contributed by atoms with E-state index in [4.69, 9.17) is 0 Å². The van der Waals surface area contributed by atoms with Crippen LogP contribution in [0.1, 0.15) is 29.6 Å². The largest absolute Gasteiger partial charge is 0.351 e. The van der Waals surface area contributed by atoms with E-state index in [0.717, 1.165) is 0 Å². The first-order chi connectivity index (χ1) is 8.66. The number of hydrogen-bond donors (Lipinski definition) is 1. The molecule has 0 spiro atoms. The maximum absolute atomic E-state index is 12.9.